The molecule has 3 N–H and O–H groups in total. The molecule has 1 aliphatic carbocycles. The van der Waals surface area contributed by atoms with Gasteiger partial charge in [-0.05, 0) is 75.4 Å². The molecule has 1 saturated carbocycles. The van der Waals surface area contributed by atoms with Gasteiger partial charge in [-0.15, -0.1) is 0 Å². The van der Waals surface area contributed by atoms with E-state index in [2.05, 4.69) is 26.1 Å². The Bertz CT molecular complexity index is 275. The fourth-order valence-electron chi connectivity index (χ4n) is 4.41. The van der Waals surface area contributed by atoms with Crippen LogP contribution in [-0.2, 0) is 0 Å². The maximum absolute atomic E-state index is 6.26. The molecule has 0 aromatic heterocycles. The number of unbranched alkanes of at least 4 members (excludes halogenated alkanes) is 1. The van der Waals surface area contributed by atoms with Crippen molar-refractivity contribution in [2.45, 2.75) is 97.8 Å². The number of hydrogen-bond acceptors (Lipinski definition) is 2. The Balaban J connectivity index is 2.44. The zero-order valence-corrected chi connectivity index (χ0v) is 17.0. The maximum Gasteiger partial charge on any atom is -0.00461 e. The van der Waals surface area contributed by atoms with Crippen molar-refractivity contribution >= 4 is 0 Å². The van der Waals surface area contributed by atoms with E-state index in [1.807, 2.05) is 0 Å². The number of nitrogens with two attached hydrogens (primary N) is 1. The molecule has 0 spiro atoms. The molecule has 2 nitrogen and oxygen atoms in total. The van der Waals surface area contributed by atoms with Gasteiger partial charge in [0, 0.05) is 0 Å². The largest absolute Gasteiger partial charge is 0.330 e. The van der Waals surface area contributed by atoms with E-state index in [4.69, 9.17) is 5.73 Å². The molecule has 3 atom stereocenters. The minimum absolute atomic E-state index is 0.757. The first-order valence-electron chi connectivity index (χ1n) is 11.2. The molecule has 24 heavy (non-hydrogen) atoms. The summed E-state index contributed by atoms with van der Waals surface area (Å²) in [7, 11) is 0. The first-order chi connectivity index (χ1) is 11.7. The van der Waals surface area contributed by atoms with E-state index in [9.17, 15) is 0 Å². The number of rotatable bonds is 16. The summed E-state index contributed by atoms with van der Waals surface area (Å²) in [5, 5.41) is 3.57. The molecule has 0 radical (unpaired) electrons. The molecule has 0 bridgehead atoms. The van der Waals surface area contributed by atoms with Gasteiger partial charge >= 0.3 is 0 Å². The molecule has 1 aliphatic rings. The lowest BCUT2D eigenvalue weighted by Crippen LogP contribution is -2.28. The highest BCUT2D eigenvalue weighted by molar-refractivity contribution is 4.79. The molecule has 1 fully saturated rings. The maximum atomic E-state index is 6.26. The summed E-state index contributed by atoms with van der Waals surface area (Å²) in [6.07, 6.45) is 16.7. The van der Waals surface area contributed by atoms with Gasteiger partial charge in [-0.1, -0.05) is 65.7 Å². The van der Waals surface area contributed by atoms with E-state index >= 15 is 0 Å². The number of nitrogens with one attached hydrogen (secondary N) is 1. The Morgan fingerprint density at radius 3 is 2.25 bits per heavy atom. The van der Waals surface area contributed by atoms with Gasteiger partial charge in [-0.3, -0.25) is 0 Å². The van der Waals surface area contributed by atoms with E-state index in [0.717, 1.165) is 30.2 Å². The summed E-state index contributed by atoms with van der Waals surface area (Å²) in [4.78, 5) is 0. The van der Waals surface area contributed by atoms with Crippen molar-refractivity contribution in [3.63, 3.8) is 0 Å². The zero-order chi connectivity index (χ0) is 17.6. The molecular weight excluding hydrogens is 292 g/mol. The average Bonchev–Trinajstić information content (AvgIpc) is 2.56. The molecule has 3 unspecified atom stereocenters. The van der Waals surface area contributed by atoms with Crippen molar-refractivity contribution in [1.82, 2.24) is 5.32 Å². The molecule has 144 valence electrons. The molecule has 0 aromatic rings. The van der Waals surface area contributed by atoms with E-state index in [1.165, 1.54) is 90.1 Å². The Morgan fingerprint density at radius 2 is 1.71 bits per heavy atom. The lowest BCUT2D eigenvalue weighted by Gasteiger charge is -2.33. The topological polar surface area (TPSA) is 38.0 Å². The molecule has 0 heterocycles. The second-order valence-corrected chi connectivity index (χ2v) is 8.33. The van der Waals surface area contributed by atoms with Crippen LogP contribution in [0.1, 0.15) is 97.8 Å². The van der Waals surface area contributed by atoms with Crippen LogP contribution in [-0.4, -0.2) is 19.6 Å². The van der Waals surface area contributed by atoms with E-state index in [-0.39, 0.29) is 0 Å². The summed E-state index contributed by atoms with van der Waals surface area (Å²) in [5.74, 6) is 3.58. The zero-order valence-electron chi connectivity index (χ0n) is 17.0. The smallest absolute Gasteiger partial charge is 0.00461 e. The third-order valence-electron chi connectivity index (χ3n) is 6.36. The van der Waals surface area contributed by atoms with Crippen molar-refractivity contribution in [3.8, 4) is 0 Å². The normalized spacial score (nSPS) is 19.0. The van der Waals surface area contributed by atoms with Crippen LogP contribution >= 0.6 is 0 Å². The van der Waals surface area contributed by atoms with Gasteiger partial charge in [0.25, 0.3) is 0 Å². The fourth-order valence-corrected chi connectivity index (χ4v) is 4.41. The van der Waals surface area contributed by atoms with Crippen LogP contribution < -0.4 is 11.1 Å². The highest BCUT2D eigenvalue weighted by Gasteiger charge is 2.26. The Hall–Kier alpha value is -0.0800. The summed E-state index contributed by atoms with van der Waals surface area (Å²) in [5.41, 5.74) is 6.26. The Labute approximate surface area is 152 Å². The molecular formula is C22H46N2. The Kier molecular flexibility index (Phi) is 12.9. The average molecular weight is 339 g/mol. The predicted molar refractivity (Wildman–Crippen MR) is 108 cm³/mol. The van der Waals surface area contributed by atoms with E-state index in [1.54, 1.807) is 0 Å². The first-order valence-corrected chi connectivity index (χ1v) is 11.2. The summed E-state index contributed by atoms with van der Waals surface area (Å²) < 4.78 is 0. The van der Waals surface area contributed by atoms with Crippen molar-refractivity contribution in [1.29, 1.82) is 0 Å². The van der Waals surface area contributed by atoms with Crippen molar-refractivity contribution in [2.24, 2.45) is 29.4 Å². The standard InChI is InChI=1S/C22H46N2/c1-4-7-12-21(13-9-15-24-14-5-2)22(18-23)17-19(6-3)16-20-10-8-11-20/h19-22,24H,4-18,23H2,1-3H3. The molecule has 0 saturated heterocycles. The Morgan fingerprint density at radius 1 is 0.958 bits per heavy atom. The van der Waals surface area contributed by atoms with Gasteiger partial charge in [0.05, 0.1) is 0 Å². The van der Waals surface area contributed by atoms with Crippen LogP contribution in [0, 0.1) is 23.7 Å². The van der Waals surface area contributed by atoms with Crippen LogP contribution in [0.4, 0.5) is 0 Å². The van der Waals surface area contributed by atoms with Crippen LogP contribution in [0.3, 0.4) is 0 Å². The molecule has 2 heteroatoms. The van der Waals surface area contributed by atoms with Crippen LogP contribution in [0.5, 0.6) is 0 Å². The van der Waals surface area contributed by atoms with Gasteiger partial charge in [0.2, 0.25) is 0 Å². The van der Waals surface area contributed by atoms with Crippen molar-refractivity contribution in [2.75, 3.05) is 19.6 Å². The highest BCUT2D eigenvalue weighted by atomic mass is 14.8. The summed E-state index contributed by atoms with van der Waals surface area (Å²) in [6.45, 7) is 10.2. The fraction of sp³-hybridized carbons (Fsp3) is 1.00. The monoisotopic (exact) mass is 338 g/mol. The van der Waals surface area contributed by atoms with Crippen molar-refractivity contribution in [3.05, 3.63) is 0 Å². The second-order valence-electron chi connectivity index (χ2n) is 8.33. The minimum Gasteiger partial charge on any atom is -0.330 e. The SMILES string of the molecule is CCCCC(CCCNCCC)C(CN)CC(CC)CC1CCC1. The quantitative estimate of drug-likeness (QED) is 0.351. The lowest BCUT2D eigenvalue weighted by molar-refractivity contribution is 0.187. The molecule has 0 aromatic carbocycles. The van der Waals surface area contributed by atoms with Gasteiger partial charge in [0.1, 0.15) is 0 Å². The van der Waals surface area contributed by atoms with Gasteiger partial charge < -0.3 is 11.1 Å². The molecule has 0 aliphatic heterocycles. The van der Waals surface area contributed by atoms with Crippen LogP contribution in [0.25, 0.3) is 0 Å². The lowest BCUT2D eigenvalue weighted by atomic mass is 9.73. The van der Waals surface area contributed by atoms with Crippen LogP contribution in [0.15, 0.2) is 0 Å². The first kappa shape index (κ1) is 22.0. The predicted octanol–water partition coefficient (Wildman–Crippen LogP) is 5.75. The minimum atomic E-state index is 0.757. The van der Waals surface area contributed by atoms with Crippen molar-refractivity contribution < 1.29 is 0 Å². The summed E-state index contributed by atoms with van der Waals surface area (Å²) >= 11 is 0. The van der Waals surface area contributed by atoms with E-state index in [0.29, 0.717) is 0 Å². The van der Waals surface area contributed by atoms with Gasteiger partial charge in [0.15, 0.2) is 0 Å². The van der Waals surface area contributed by atoms with Crippen LogP contribution in [0.2, 0.25) is 0 Å². The number of hydrogen-bond donors (Lipinski definition) is 2. The summed E-state index contributed by atoms with van der Waals surface area (Å²) in [6, 6.07) is 0. The highest BCUT2D eigenvalue weighted by Crippen LogP contribution is 2.37. The third-order valence-corrected chi connectivity index (χ3v) is 6.36. The second kappa shape index (κ2) is 14.1. The molecule has 1 rings (SSSR count). The van der Waals surface area contributed by atoms with E-state index < -0.39 is 0 Å². The van der Waals surface area contributed by atoms with Gasteiger partial charge in [-0.25, -0.2) is 0 Å². The third kappa shape index (κ3) is 8.85. The van der Waals surface area contributed by atoms with Gasteiger partial charge in [-0.2, -0.15) is 0 Å². The molecule has 0 amide bonds.